The number of hydrogen-bond acceptors (Lipinski definition) is 14. The van der Waals surface area contributed by atoms with Gasteiger partial charge in [-0.15, -0.1) is 0 Å². The van der Waals surface area contributed by atoms with Crippen LogP contribution in [0, 0.1) is 17.2 Å². The number of para-hydroxylation sites is 1. The number of carbonyl (C=O) groups excluding carboxylic acids is 3. The highest BCUT2D eigenvalue weighted by atomic mass is 31.2. The molecule has 2 fully saturated rings. The maximum Gasteiger partial charge on any atom is 0.459 e. The van der Waals surface area contributed by atoms with Crippen LogP contribution >= 0.6 is 7.75 Å². The Labute approximate surface area is 282 Å². The highest BCUT2D eigenvalue weighted by Gasteiger charge is 2.62. The lowest BCUT2D eigenvalue weighted by atomic mass is 9.86. The Morgan fingerprint density at radius 3 is 2.51 bits per heavy atom. The van der Waals surface area contributed by atoms with Gasteiger partial charge in [0.1, 0.15) is 42.4 Å². The lowest BCUT2D eigenvalue weighted by molar-refractivity contribution is -0.169. The second-order valence-electron chi connectivity index (χ2n) is 11.8. The number of nitriles is 1. The number of nitrogens with zero attached hydrogens (tertiary/aromatic N) is 4. The summed E-state index contributed by atoms with van der Waals surface area (Å²) in [5, 5.41) is 17.5. The summed E-state index contributed by atoms with van der Waals surface area (Å²) in [5.41, 5.74) is 4.50. The van der Waals surface area contributed by atoms with Crippen LogP contribution in [0.4, 0.5) is 5.82 Å². The van der Waals surface area contributed by atoms with E-state index in [2.05, 4.69) is 15.2 Å². The molecule has 1 aliphatic heterocycles. The molecule has 0 bridgehead atoms. The minimum absolute atomic E-state index is 0.0451. The van der Waals surface area contributed by atoms with Crippen LogP contribution in [0.5, 0.6) is 5.75 Å². The van der Waals surface area contributed by atoms with Crippen molar-refractivity contribution < 1.29 is 46.9 Å². The number of anilines is 1. The second kappa shape index (κ2) is 15.3. The van der Waals surface area contributed by atoms with E-state index in [1.165, 1.54) is 29.9 Å². The average Bonchev–Trinajstić information content (AvgIpc) is 3.63. The third-order valence-corrected chi connectivity index (χ3v) is 9.92. The summed E-state index contributed by atoms with van der Waals surface area (Å²) >= 11 is 0. The number of nitrogens with two attached hydrogens (primary N) is 1. The van der Waals surface area contributed by atoms with E-state index < -0.39 is 62.2 Å². The molecule has 1 aliphatic carbocycles. The number of nitrogen functional groups attached to an aromatic ring is 1. The SMILES string of the molecule is CCC(=O)O[C@H]1[C@H](c2ccc3c(N)ncnn23)O[C@](C#N)(CO[P@](=O)(N[C@@H](C)C(=O)OCC2CCC2)Oc2ccccc2)[C@H]1OC(=O)CC. The smallest absolute Gasteiger partial charge is 0.459 e. The van der Waals surface area contributed by atoms with Gasteiger partial charge in [-0.3, -0.25) is 18.9 Å². The van der Waals surface area contributed by atoms with E-state index in [1.54, 1.807) is 44.2 Å². The molecule has 3 N–H and O–H groups in total. The van der Waals surface area contributed by atoms with Crippen LogP contribution in [-0.2, 0) is 42.4 Å². The normalized spacial score (nSPS) is 23.8. The van der Waals surface area contributed by atoms with Gasteiger partial charge < -0.3 is 29.2 Å². The average molecular weight is 699 g/mol. The van der Waals surface area contributed by atoms with Gasteiger partial charge in [-0.2, -0.15) is 15.4 Å². The van der Waals surface area contributed by atoms with Gasteiger partial charge in [0.15, 0.2) is 18.0 Å². The van der Waals surface area contributed by atoms with E-state index in [1.807, 2.05) is 6.07 Å². The summed E-state index contributed by atoms with van der Waals surface area (Å²) in [6, 6.07) is 12.1. The Morgan fingerprint density at radius 2 is 1.86 bits per heavy atom. The molecule has 0 radical (unpaired) electrons. The van der Waals surface area contributed by atoms with Gasteiger partial charge in [-0.25, -0.2) is 14.1 Å². The van der Waals surface area contributed by atoms with Crippen molar-refractivity contribution in [1.82, 2.24) is 19.7 Å². The fourth-order valence-electron chi connectivity index (χ4n) is 5.35. The van der Waals surface area contributed by atoms with Gasteiger partial charge in [0.2, 0.25) is 5.60 Å². The van der Waals surface area contributed by atoms with Gasteiger partial charge in [0.25, 0.3) is 0 Å². The molecule has 2 aliphatic rings. The number of hydrogen-bond donors (Lipinski definition) is 2. The van der Waals surface area contributed by atoms with Gasteiger partial charge in [-0.05, 0) is 49.9 Å². The number of esters is 3. The Morgan fingerprint density at radius 1 is 1.14 bits per heavy atom. The largest absolute Gasteiger partial charge is 0.464 e. The summed E-state index contributed by atoms with van der Waals surface area (Å²) in [6.45, 7) is 3.96. The van der Waals surface area contributed by atoms with Gasteiger partial charge >= 0.3 is 25.7 Å². The van der Waals surface area contributed by atoms with E-state index in [-0.39, 0.29) is 42.6 Å². The Kier molecular flexibility index (Phi) is 11.2. The summed E-state index contributed by atoms with van der Waals surface area (Å²) in [4.78, 5) is 42.3. The molecule has 6 atom stereocenters. The molecule has 0 amide bonds. The zero-order valence-electron chi connectivity index (χ0n) is 27.4. The number of aromatic nitrogens is 3. The lowest BCUT2D eigenvalue weighted by Gasteiger charge is -2.30. The van der Waals surface area contributed by atoms with Gasteiger partial charge in [0, 0.05) is 12.8 Å². The first-order valence-electron chi connectivity index (χ1n) is 16.0. The van der Waals surface area contributed by atoms with E-state index >= 15 is 0 Å². The minimum Gasteiger partial charge on any atom is -0.464 e. The van der Waals surface area contributed by atoms with Crippen LogP contribution in [0.2, 0.25) is 0 Å². The zero-order valence-corrected chi connectivity index (χ0v) is 28.2. The lowest BCUT2D eigenvalue weighted by Crippen LogP contribution is -2.49. The fourth-order valence-corrected chi connectivity index (χ4v) is 6.87. The fraction of sp³-hybridized carbons (Fsp3) is 0.500. The number of benzene rings is 1. The summed E-state index contributed by atoms with van der Waals surface area (Å²) in [5.74, 6) is -1.53. The molecule has 5 rings (SSSR count). The summed E-state index contributed by atoms with van der Waals surface area (Å²) < 4.78 is 50.6. The minimum atomic E-state index is -4.52. The highest BCUT2D eigenvalue weighted by molar-refractivity contribution is 7.52. The number of carbonyl (C=O) groups is 3. The molecule has 3 aromatic rings. The standard InChI is InChI=1S/C32H39N6O10P/c1-4-25(39)45-28-27(23-14-15-24-30(34)35-19-36-38(23)24)47-32(17-33,29(28)46-26(40)5-2)18-44-49(42,48-22-12-7-6-8-13-22)37-20(3)31(41)43-16-21-10-9-11-21/h6-8,12-15,19-21,27-29H,4-5,9-11,16,18H2,1-3H3,(H,37,42)(H2,34,35,36)/t20-,27-,28-,29-,32+,49+/m0/s1. The first-order valence-corrected chi connectivity index (χ1v) is 17.6. The summed E-state index contributed by atoms with van der Waals surface area (Å²) in [7, 11) is -4.52. The van der Waals surface area contributed by atoms with Gasteiger partial charge in [-0.1, -0.05) is 38.5 Å². The van der Waals surface area contributed by atoms with Crippen molar-refractivity contribution in [1.29, 1.82) is 5.26 Å². The van der Waals surface area contributed by atoms with Gasteiger partial charge in [0.05, 0.1) is 12.3 Å². The van der Waals surface area contributed by atoms with Crippen molar-refractivity contribution in [2.24, 2.45) is 5.92 Å². The van der Waals surface area contributed by atoms with E-state index in [9.17, 15) is 24.2 Å². The Hall–Kier alpha value is -4.55. The van der Waals surface area contributed by atoms with E-state index in [4.69, 9.17) is 33.7 Å². The molecule has 3 heterocycles. The molecular formula is C32H39N6O10P. The topological polar surface area (TPSA) is 216 Å². The Bertz CT molecular complexity index is 1740. The van der Waals surface area contributed by atoms with Crippen molar-refractivity contribution in [3.63, 3.8) is 0 Å². The molecule has 1 saturated carbocycles. The van der Waals surface area contributed by atoms with Crippen molar-refractivity contribution in [2.75, 3.05) is 18.9 Å². The number of ether oxygens (including phenoxy) is 4. The van der Waals surface area contributed by atoms with E-state index in [0.29, 0.717) is 5.52 Å². The highest BCUT2D eigenvalue weighted by Crippen LogP contribution is 2.50. The molecule has 17 heteroatoms. The monoisotopic (exact) mass is 698 g/mol. The molecule has 49 heavy (non-hydrogen) atoms. The first kappa shape index (κ1) is 35.7. The predicted octanol–water partition coefficient (Wildman–Crippen LogP) is 3.81. The van der Waals surface area contributed by atoms with Crippen molar-refractivity contribution in [3.8, 4) is 11.8 Å². The molecule has 16 nitrogen and oxygen atoms in total. The van der Waals surface area contributed by atoms with Crippen molar-refractivity contribution in [2.45, 2.75) is 82.8 Å². The molecule has 1 saturated heterocycles. The zero-order chi connectivity index (χ0) is 35.2. The number of rotatable bonds is 15. The van der Waals surface area contributed by atoms with E-state index in [0.717, 1.165) is 19.3 Å². The number of nitrogens with one attached hydrogen (secondary N) is 1. The van der Waals surface area contributed by atoms with Crippen molar-refractivity contribution >= 4 is 37.0 Å². The van der Waals surface area contributed by atoms with Crippen LogP contribution in [-0.4, -0.2) is 69.6 Å². The van der Waals surface area contributed by atoms with Crippen molar-refractivity contribution in [3.05, 3.63) is 54.5 Å². The first-order chi connectivity index (χ1) is 23.5. The molecule has 1 aromatic carbocycles. The molecule has 0 spiro atoms. The number of fused-ring (bicyclic) bond motifs is 1. The maximum atomic E-state index is 14.4. The van der Waals surface area contributed by atoms with Crippen LogP contribution in [0.3, 0.4) is 0 Å². The van der Waals surface area contributed by atoms with Crippen LogP contribution in [0.1, 0.15) is 64.7 Å². The predicted molar refractivity (Wildman–Crippen MR) is 171 cm³/mol. The Balaban J connectivity index is 1.49. The molecule has 262 valence electrons. The third-order valence-electron chi connectivity index (χ3n) is 8.30. The third kappa shape index (κ3) is 8.02. The maximum absolute atomic E-state index is 14.4. The molecule has 2 aromatic heterocycles. The molecular weight excluding hydrogens is 659 g/mol. The summed E-state index contributed by atoms with van der Waals surface area (Å²) in [6.07, 6.45) is -0.149. The van der Waals surface area contributed by atoms with Crippen LogP contribution in [0.15, 0.2) is 48.8 Å². The quantitative estimate of drug-likeness (QED) is 0.131. The van der Waals surface area contributed by atoms with Crippen LogP contribution < -0.4 is 15.3 Å². The second-order valence-corrected chi connectivity index (χ2v) is 13.5. The molecule has 0 unspecified atom stereocenters. The van der Waals surface area contributed by atoms with Crippen LogP contribution in [0.25, 0.3) is 5.52 Å².